The van der Waals surface area contributed by atoms with Crippen LogP contribution in [0, 0.1) is 5.92 Å². The minimum Gasteiger partial charge on any atom is -0.310 e. The Morgan fingerprint density at radius 2 is 1.18 bits per heavy atom. The van der Waals surface area contributed by atoms with E-state index in [9.17, 15) is 0 Å². The van der Waals surface area contributed by atoms with Gasteiger partial charge >= 0.3 is 0 Å². The summed E-state index contributed by atoms with van der Waals surface area (Å²) in [6, 6.07) is 66.3. The van der Waals surface area contributed by atoms with E-state index in [1.165, 1.54) is 122 Å². The van der Waals surface area contributed by atoms with Crippen LogP contribution in [-0.4, -0.2) is 15.8 Å². The van der Waals surface area contributed by atoms with Gasteiger partial charge in [0.15, 0.2) is 0 Å². The smallest absolute Gasteiger partial charge is 0.253 e. The van der Waals surface area contributed by atoms with E-state index in [1.54, 1.807) is 0 Å². The molecule has 10 aromatic rings. The molecule has 0 bridgehead atoms. The molecule has 1 atom stereocenters. The Labute approximate surface area is 349 Å². The third kappa shape index (κ3) is 4.05. The van der Waals surface area contributed by atoms with Crippen molar-refractivity contribution in [2.24, 2.45) is 5.92 Å². The summed E-state index contributed by atoms with van der Waals surface area (Å²) in [5.41, 5.74) is 24.1. The van der Waals surface area contributed by atoms with Crippen molar-refractivity contribution < 1.29 is 0 Å². The van der Waals surface area contributed by atoms with Crippen LogP contribution in [0.4, 0.5) is 0 Å². The average Bonchev–Trinajstić information content (AvgIpc) is 3.90. The highest BCUT2D eigenvalue weighted by molar-refractivity contribution is 7.01. The largest absolute Gasteiger partial charge is 0.310 e. The molecule has 60 heavy (non-hydrogen) atoms. The van der Waals surface area contributed by atoms with Crippen LogP contribution in [0.5, 0.6) is 0 Å². The Balaban J connectivity index is 1.19. The summed E-state index contributed by atoms with van der Waals surface area (Å²) in [6.45, 7) is 4.97. The molecule has 0 fully saturated rings. The summed E-state index contributed by atoms with van der Waals surface area (Å²) >= 11 is 0. The van der Waals surface area contributed by atoms with Gasteiger partial charge < -0.3 is 9.13 Å². The van der Waals surface area contributed by atoms with E-state index >= 15 is 0 Å². The highest BCUT2D eigenvalue weighted by Crippen LogP contribution is 2.56. The van der Waals surface area contributed by atoms with Gasteiger partial charge in [0.1, 0.15) is 0 Å². The van der Waals surface area contributed by atoms with Crippen molar-refractivity contribution in [3.05, 3.63) is 198 Å². The first-order valence-corrected chi connectivity index (χ1v) is 21.5. The summed E-state index contributed by atoms with van der Waals surface area (Å²) in [5, 5.41) is 5.31. The highest BCUT2D eigenvalue weighted by Gasteiger charge is 2.48. The Morgan fingerprint density at radius 1 is 0.533 bits per heavy atom. The number of allylic oxidation sites excluding steroid dienone is 1. The van der Waals surface area contributed by atoms with Crippen molar-refractivity contribution in [1.82, 2.24) is 9.13 Å². The zero-order chi connectivity index (χ0) is 39.4. The van der Waals surface area contributed by atoms with E-state index in [4.69, 9.17) is 0 Å². The van der Waals surface area contributed by atoms with Crippen molar-refractivity contribution >= 4 is 67.3 Å². The fourth-order valence-electron chi connectivity index (χ4n) is 12.2. The number of hydrogen-bond acceptors (Lipinski definition) is 0. The first-order chi connectivity index (χ1) is 29.6. The third-order valence-electron chi connectivity index (χ3n) is 14.8. The summed E-state index contributed by atoms with van der Waals surface area (Å²) < 4.78 is 5.36. The summed E-state index contributed by atoms with van der Waals surface area (Å²) in [5.74, 6) is 0.423. The van der Waals surface area contributed by atoms with Gasteiger partial charge in [0.25, 0.3) is 6.71 Å². The molecule has 2 aliphatic heterocycles. The van der Waals surface area contributed by atoms with E-state index in [0.29, 0.717) is 5.92 Å². The van der Waals surface area contributed by atoms with Gasteiger partial charge in [0.2, 0.25) is 0 Å². The lowest BCUT2D eigenvalue weighted by Crippen LogP contribution is -2.59. The lowest BCUT2D eigenvalue weighted by Gasteiger charge is -2.35. The first kappa shape index (κ1) is 32.8. The van der Waals surface area contributed by atoms with E-state index in [2.05, 4.69) is 205 Å². The highest BCUT2D eigenvalue weighted by atomic mass is 15.0. The molecule has 0 radical (unpaired) electrons. The van der Waals surface area contributed by atoms with Crippen molar-refractivity contribution in [2.75, 3.05) is 0 Å². The first-order valence-electron chi connectivity index (χ1n) is 21.5. The molecule has 0 N–H and O–H groups in total. The lowest BCUT2D eigenvalue weighted by molar-refractivity contribution is 0.410. The molecule has 0 saturated carbocycles. The van der Waals surface area contributed by atoms with Crippen LogP contribution < -0.4 is 16.4 Å². The second-order valence-electron chi connectivity index (χ2n) is 18.0. The molecule has 2 nitrogen and oxygen atoms in total. The zero-order valence-corrected chi connectivity index (χ0v) is 33.6. The van der Waals surface area contributed by atoms with Crippen molar-refractivity contribution in [3.8, 4) is 44.9 Å². The molecule has 3 heteroatoms. The zero-order valence-electron chi connectivity index (χ0n) is 33.6. The second-order valence-corrected chi connectivity index (χ2v) is 18.0. The van der Waals surface area contributed by atoms with Gasteiger partial charge in [0, 0.05) is 33.2 Å². The van der Waals surface area contributed by atoms with Crippen LogP contribution in [0.15, 0.2) is 176 Å². The number of fused-ring (bicyclic) bond motifs is 12. The summed E-state index contributed by atoms with van der Waals surface area (Å²) in [4.78, 5) is 0. The van der Waals surface area contributed by atoms with Gasteiger partial charge in [-0.1, -0.05) is 172 Å². The normalized spacial score (nSPS) is 16.1. The monoisotopic (exact) mass is 762 g/mol. The second kappa shape index (κ2) is 11.6. The molecule has 8 aromatic carbocycles. The molecule has 2 aliphatic carbocycles. The number of aromatic nitrogens is 2. The van der Waals surface area contributed by atoms with Crippen LogP contribution in [0.25, 0.3) is 89.1 Å². The number of para-hydroxylation sites is 1. The van der Waals surface area contributed by atoms with Crippen molar-refractivity contribution in [3.63, 3.8) is 0 Å². The average molecular weight is 763 g/mol. The van der Waals surface area contributed by atoms with Crippen LogP contribution in [0.1, 0.15) is 36.2 Å². The third-order valence-corrected chi connectivity index (χ3v) is 14.8. The van der Waals surface area contributed by atoms with Crippen LogP contribution >= 0.6 is 0 Å². The Morgan fingerprint density at radius 3 is 1.97 bits per heavy atom. The van der Waals surface area contributed by atoms with Crippen LogP contribution in [-0.2, 0) is 11.8 Å². The van der Waals surface area contributed by atoms with Crippen LogP contribution in [0.2, 0.25) is 0 Å². The predicted octanol–water partition coefficient (Wildman–Crippen LogP) is 11.9. The van der Waals surface area contributed by atoms with Gasteiger partial charge in [-0.05, 0) is 114 Å². The van der Waals surface area contributed by atoms with Crippen LogP contribution in [0.3, 0.4) is 0 Å². The maximum absolute atomic E-state index is 2.69. The maximum atomic E-state index is 2.69. The number of rotatable bonds is 3. The fourth-order valence-corrected chi connectivity index (χ4v) is 12.2. The molecular formula is C57H39BN2. The number of hydrogen-bond donors (Lipinski definition) is 0. The molecule has 4 aliphatic rings. The maximum Gasteiger partial charge on any atom is 0.253 e. The Kier molecular flexibility index (Phi) is 6.32. The minimum absolute atomic E-state index is 0.0416. The van der Waals surface area contributed by atoms with Gasteiger partial charge in [0.05, 0.1) is 16.9 Å². The van der Waals surface area contributed by atoms with Gasteiger partial charge in [-0.25, -0.2) is 0 Å². The molecule has 0 amide bonds. The topological polar surface area (TPSA) is 9.86 Å². The molecule has 2 aromatic heterocycles. The summed E-state index contributed by atoms with van der Waals surface area (Å²) in [6.07, 6.45) is 3.61. The predicted molar refractivity (Wildman–Crippen MR) is 253 cm³/mol. The van der Waals surface area contributed by atoms with Crippen molar-refractivity contribution in [2.45, 2.75) is 25.7 Å². The van der Waals surface area contributed by atoms with Gasteiger partial charge in [-0.2, -0.15) is 0 Å². The minimum atomic E-state index is 0.0416. The molecule has 4 heterocycles. The number of benzene rings is 8. The van der Waals surface area contributed by atoms with E-state index in [0.717, 1.165) is 6.42 Å². The van der Waals surface area contributed by atoms with Crippen molar-refractivity contribution in [1.29, 1.82) is 0 Å². The lowest BCUT2D eigenvalue weighted by atomic mass is 9.33. The summed E-state index contributed by atoms with van der Waals surface area (Å²) in [7, 11) is 0. The SMILES string of the molecule is CC1(C)c2ccccc2C2=Cc3c(c4cccc5c4n3-c3cc(-c4ccccc4)cc4c3B5c3c5ccccc5cc5c(-c6ccccc6)c(-c6ccccc6)n-4c35)CC21. The Bertz CT molecular complexity index is 3530. The quantitative estimate of drug-likeness (QED) is 0.159. The van der Waals surface area contributed by atoms with E-state index < -0.39 is 0 Å². The van der Waals surface area contributed by atoms with E-state index in [1.807, 2.05) is 0 Å². The molecule has 14 rings (SSSR count). The number of nitrogens with zero attached hydrogens (tertiary/aromatic N) is 2. The molecule has 280 valence electrons. The Hall–Kier alpha value is -7.10. The molecule has 0 spiro atoms. The molecular weight excluding hydrogens is 723 g/mol. The van der Waals surface area contributed by atoms with E-state index in [-0.39, 0.29) is 12.1 Å². The van der Waals surface area contributed by atoms with Gasteiger partial charge in [-0.15, -0.1) is 0 Å². The van der Waals surface area contributed by atoms with Gasteiger partial charge in [-0.3, -0.25) is 0 Å². The standard InChI is InChI=1S/C57H39BN2/c1-57(2)45-27-15-14-25-40(45)42-33-48-43(32-46(42)57)41-26-16-28-47-55(41)59(48)49-30-38(34-17-6-3-7-18-34)31-50-53(49)58(47)52-39-24-13-12-23-37(39)29-44-51(35-19-8-4-9-20-35)54(60(50)56(44)52)36-21-10-5-11-22-36/h3-31,33,46H,32H2,1-2H3. The fraction of sp³-hybridized carbons (Fsp3) is 0.0877. The molecule has 0 saturated heterocycles. The molecule has 1 unspecified atom stereocenters.